The lowest BCUT2D eigenvalue weighted by Crippen LogP contribution is -2.56. The molecule has 2 heterocycles. The van der Waals surface area contributed by atoms with Gasteiger partial charge in [-0.3, -0.25) is 38.4 Å². The van der Waals surface area contributed by atoms with E-state index >= 15 is 0 Å². The molecule has 2 saturated heterocycles. The first-order valence-corrected chi connectivity index (χ1v) is 34.8. The molecule has 0 radical (unpaired) electrons. The van der Waals surface area contributed by atoms with E-state index in [1.54, 1.807) is 6.92 Å². The molecule has 10 rings (SSSR count). The Hall–Kier alpha value is -7.80. The van der Waals surface area contributed by atoms with Gasteiger partial charge in [0, 0.05) is 90.8 Å². The van der Waals surface area contributed by atoms with E-state index in [2.05, 4.69) is 12.2 Å². The molecule has 4 aromatic rings. The molecule has 14 N–H and O–H groups in total. The predicted octanol–water partition coefficient (Wildman–Crippen LogP) is 6.12. The Bertz CT molecular complexity index is 3780. The number of nitrogens with two attached hydrogens (primary N) is 1. The molecule has 13 atom stereocenters. The number of carboxylic acid groups (broad SMARTS) is 1. The van der Waals surface area contributed by atoms with Crippen LogP contribution in [0, 0.1) is 5.92 Å². The molecule has 27 nitrogen and oxygen atoms in total. The molecular weight excluding hydrogens is 1320 g/mol. The fourth-order valence-corrected chi connectivity index (χ4v) is 15.1. The zero-order valence-corrected chi connectivity index (χ0v) is 57.5. The number of carbonyl (C=O) groups excluding carboxylic acids is 7. The van der Waals surface area contributed by atoms with Crippen molar-refractivity contribution in [1.82, 2.24) is 5.32 Å². The number of ketones is 6. The van der Waals surface area contributed by atoms with Gasteiger partial charge < -0.3 is 95.6 Å². The molecule has 0 saturated carbocycles. The second-order valence-electron chi connectivity index (χ2n) is 27.5. The number of aliphatic hydroxyl groups excluding tert-OH is 4. The zero-order valence-electron chi connectivity index (χ0n) is 57.5. The number of amides is 1. The summed E-state index contributed by atoms with van der Waals surface area (Å²) in [6.07, 6.45) is 4.21. The summed E-state index contributed by atoms with van der Waals surface area (Å²) >= 11 is 0. The number of hydrogen-bond donors (Lipinski definition) is 13. The van der Waals surface area contributed by atoms with Gasteiger partial charge in [0.05, 0.1) is 84.2 Å². The van der Waals surface area contributed by atoms with E-state index in [-0.39, 0.29) is 81.7 Å². The molecule has 6 aliphatic rings. The lowest BCUT2D eigenvalue weighted by molar-refractivity contribution is -0.249. The van der Waals surface area contributed by atoms with Crippen LogP contribution in [0.2, 0.25) is 0 Å². The van der Waals surface area contributed by atoms with Gasteiger partial charge in [-0.1, -0.05) is 115 Å². The van der Waals surface area contributed by atoms with Crippen LogP contribution in [-0.2, 0) is 51.0 Å². The number of Topliss-reactive ketones (excluding diaryl/α,β-unsaturated/α-hetero) is 2. The summed E-state index contributed by atoms with van der Waals surface area (Å²) in [5.74, 6) is -9.77. The number of phenolic OH excluding ortho intramolecular Hbond substituents is 4. The number of nitrogens with one attached hydrogen (secondary N) is 1. The fourth-order valence-electron chi connectivity index (χ4n) is 15.1. The molecule has 1 amide bonds. The third-order valence-corrected chi connectivity index (χ3v) is 20.6. The van der Waals surface area contributed by atoms with Crippen LogP contribution in [0.1, 0.15) is 247 Å². The number of hydrogen-bond acceptors (Lipinski definition) is 25. The molecule has 1 unspecified atom stereocenters. The second kappa shape index (κ2) is 33.1. The number of fused-ring (bicyclic) bond motifs is 6. The SMILES string of the molecule is CCCCCCCCCCCCCCCC(CC(=O)O)CC(=O)N[C@H]1C[C@H](O[C@H]2C[C@](O)(C(=O)CO)Cc3c(O)c4c(c(O)c32)C(=O)c2c(OC)cccc2C4=O)O[C@@H](C)[C@H]1O.COc1cccc2c1C(=O)c1c(O)c3c(c(O)c1C2=O)C[C@@](O)(C(=O)CO)C[C@@H]3O[C@H]1C[C@H](N)[C@H](O)[C@H](C)O1. The van der Waals surface area contributed by atoms with Crippen LogP contribution in [0.25, 0.3) is 0 Å². The quantitative estimate of drug-likeness (QED) is 0.0186. The van der Waals surface area contributed by atoms with Gasteiger partial charge in [0.1, 0.15) is 65.0 Å². The van der Waals surface area contributed by atoms with E-state index in [4.69, 9.17) is 34.2 Å². The molecule has 101 heavy (non-hydrogen) atoms. The number of aromatic hydroxyl groups is 4. The predicted molar refractivity (Wildman–Crippen MR) is 358 cm³/mol. The summed E-state index contributed by atoms with van der Waals surface area (Å²) in [6.45, 7) is 3.24. The normalized spacial score (nSPS) is 26.0. The average Bonchev–Trinajstić information content (AvgIpc) is 0.717. The number of ether oxygens (including phenoxy) is 6. The number of carbonyl (C=O) groups is 8. The average molecular weight is 1410 g/mol. The highest BCUT2D eigenvalue weighted by molar-refractivity contribution is 6.32. The molecule has 0 spiro atoms. The first kappa shape index (κ1) is 77.4. The number of unbranched alkanes of at least 4 members (excludes halogenated alkanes) is 12. The van der Waals surface area contributed by atoms with Crippen molar-refractivity contribution in [3.63, 3.8) is 0 Å². The van der Waals surface area contributed by atoms with Crippen molar-refractivity contribution in [2.75, 3.05) is 27.4 Å². The number of aliphatic carboxylic acids is 1. The highest BCUT2D eigenvalue weighted by atomic mass is 16.7. The Balaban J connectivity index is 0.000000260. The van der Waals surface area contributed by atoms with Crippen molar-refractivity contribution in [3.05, 3.63) is 103 Å². The van der Waals surface area contributed by atoms with E-state index in [0.717, 1.165) is 25.7 Å². The summed E-state index contributed by atoms with van der Waals surface area (Å²) in [7, 11) is 2.63. The van der Waals surface area contributed by atoms with E-state index in [1.165, 1.54) is 115 Å². The molecular formula is C74H94N2O25. The summed E-state index contributed by atoms with van der Waals surface area (Å²) < 4.78 is 34.6. The number of carboxylic acids is 1. The molecule has 27 heteroatoms. The maximum atomic E-state index is 14.0. The van der Waals surface area contributed by atoms with Crippen LogP contribution in [0.5, 0.6) is 34.5 Å². The summed E-state index contributed by atoms with van der Waals surface area (Å²) in [4.78, 5) is 106. The van der Waals surface area contributed by atoms with Crippen LogP contribution in [0.15, 0.2) is 36.4 Å². The number of benzene rings is 4. The number of phenols is 4. The Morgan fingerprint density at radius 3 is 1.39 bits per heavy atom. The van der Waals surface area contributed by atoms with Gasteiger partial charge in [0.2, 0.25) is 17.5 Å². The van der Waals surface area contributed by atoms with Gasteiger partial charge in [0.15, 0.2) is 35.7 Å². The van der Waals surface area contributed by atoms with Crippen LogP contribution in [-0.4, -0.2) is 190 Å². The third-order valence-electron chi connectivity index (χ3n) is 20.6. The minimum absolute atomic E-state index is 0.0173. The summed E-state index contributed by atoms with van der Waals surface area (Å²) in [5, 5.41) is 122. The van der Waals surface area contributed by atoms with Crippen LogP contribution < -0.4 is 20.5 Å². The number of rotatable bonds is 29. The van der Waals surface area contributed by atoms with Gasteiger partial charge in [0.25, 0.3) is 0 Å². The lowest BCUT2D eigenvalue weighted by atomic mass is 9.72. The monoisotopic (exact) mass is 1410 g/mol. The largest absolute Gasteiger partial charge is 0.507 e. The standard InChI is InChI=1S/C47H65NO14.C27H29NO11/c1-4-5-6-7-8-9-10-11-12-13-14-15-16-18-28(22-36(52)53)21-35(51)48-31-23-37(61-27(2)42(31)54)62-33-25-47(59,34(50)26-49)24-30-39(33)46(58)41-40(44(30)56)43(55)29-19-17-20-32(60-3)38(29)45(41)57;1-10-22(31)13(28)6-17(38-10)39-15-8-27(36,16(30)9-29)7-12-19(15)26(35)21-20(24(12)33)23(32)11-4-3-5-14(37-2)18(11)25(21)34/h17,19-20,27-28,31,33,37,42,49,54,56,58-59H,4-16,18,21-26H2,1-3H3,(H,48,51)(H,52,53);3-5,10,13,15,17,22,29,31,33,35-36H,6-9,28H2,1-2H3/t27-,28?,31-,33-,37-,42+,47-;10-,13-,15-,17-,22+,27-/m00/s1. The number of aliphatic hydroxyl groups is 6. The van der Waals surface area contributed by atoms with Gasteiger partial charge >= 0.3 is 5.97 Å². The van der Waals surface area contributed by atoms with Gasteiger partial charge in [-0.15, -0.1) is 0 Å². The Kier molecular flexibility index (Phi) is 25.4. The van der Waals surface area contributed by atoms with Crippen LogP contribution >= 0.6 is 0 Å². The molecule has 0 aromatic heterocycles. The van der Waals surface area contributed by atoms with E-state index in [0.29, 0.717) is 6.42 Å². The van der Waals surface area contributed by atoms with E-state index < -0.39 is 209 Å². The van der Waals surface area contributed by atoms with Gasteiger partial charge in [-0.25, -0.2) is 0 Å². The maximum absolute atomic E-state index is 14.0. The lowest BCUT2D eigenvalue weighted by Gasteiger charge is -2.43. The Labute approximate surface area is 583 Å². The van der Waals surface area contributed by atoms with Crippen molar-refractivity contribution in [3.8, 4) is 34.5 Å². The van der Waals surface area contributed by atoms with Crippen LogP contribution in [0.3, 0.4) is 0 Å². The molecule has 4 aromatic carbocycles. The highest BCUT2D eigenvalue weighted by Crippen LogP contribution is 2.55. The Morgan fingerprint density at radius 2 is 0.980 bits per heavy atom. The van der Waals surface area contributed by atoms with Gasteiger partial charge in [-0.05, 0) is 38.3 Å². The molecule has 4 aliphatic carbocycles. The minimum atomic E-state index is -2.35. The maximum Gasteiger partial charge on any atom is 0.303 e. The smallest absolute Gasteiger partial charge is 0.303 e. The first-order valence-electron chi connectivity index (χ1n) is 34.8. The summed E-state index contributed by atoms with van der Waals surface area (Å²) in [6, 6.07) is 7.00. The second-order valence-corrected chi connectivity index (χ2v) is 27.5. The molecule has 0 bridgehead atoms. The van der Waals surface area contributed by atoms with Crippen molar-refractivity contribution >= 4 is 46.6 Å². The van der Waals surface area contributed by atoms with Crippen molar-refractivity contribution in [2.24, 2.45) is 11.7 Å². The van der Waals surface area contributed by atoms with Gasteiger partial charge in [-0.2, -0.15) is 0 Å². The zero-order chi connectivity index (χ0) is 73.5. The third kappa shape index (κ3) is 16.2. The van der Waals surface area contributed by atoms with Crippen molar-refractivity contribution in [2.45, 2.75) is 235 Å². The highest BCUT2D eigenvalue weighted by Gasteiger charge is 2.53. The molecule has 2 fully saturated rings. The minimum Gasteiger partial charge on any atom is -0.507 e. The Morgan fingerprint density at radius 1 is 0.574 bits per heavy atom. The topological polar surface area (TPSA) is 453 Å². The summed E-state index contributed by atoms with van der Waals surface area (Å²) in [5.41, 5.74) is -1.70. The molecule has 550 valence electrons. The fraction of sp³-hybridized carbons (Fsp3) is 0.568. The van der Waals surface area contributed by atoms with Crippen molar-refractivity contribution < 1.29 is 123 Å². The number of methoxy groups -OCH3 is 2. The van der Waals surface area contributed by atoms with E-state index in [1.807, 2.05) is 0 Å². The van der Waals surface area contributed by atoms with Crippen LogP contribution in [0.4, 0.5) is 0 Å². The molecule has 2 aliphatic heterocycles. The first-order chi connectivity index (χ1) is 48.1. The van der Waals surface area contributed by atoms with Crippen molar-refractivity contribution in [1.29, 1.82) is 0 Å². The van der Waals surface area contributed by atoms with E-state index in [9.17, 15) is 94.5 Å².